The van der Waals surface area contributed by atoms with Crippen molar-refractivity contribution in [2.24, 2.45) is 5.92 Å². The van der Waals surface area contributed by atoms with Crippen molar-refractivity contribution < 1.29 is 14.3 Å². The average molecular weight is 373 g/mol. The molecule has 1 N–H and O–H groups in total. The molecule has 0 saturated carbocycles. The van der Waals surface area contributed by atoms with E-state index in [-0.39, 0.29) is 24.0 Å². The van der Waals surface area contributed by atoms with Gasteiger partial charge < -0.3 is 15.0 Å². The zero-order valence-corrected chi connectivity index (χ0v) is 16.4. The van der Waals surface area contributed by atoms with Crippen molar-refractivity contribution in [3.05, 3.63) is 35.4 Å². The maximum Gasteiger partial charge on any atom is 0.409 e. The Morgan fingerprint density at radius 3 is 2.81 bits per heavy atom. The van der Waals surface area contributed by atoms with Crippen molar-refractivity contribution in [3.63, 3.8) is 0 Å². The third kappa shape index (κ3) is 5.01. The number of nitrogens with one attached hydrogen (secondary N) is 1. The molecule has 2 unspecified atom stereocenters. The average Bonchev–Trinajstić information content (AvgIpc) is 2.71. The van der Waals surface area contributed by atoms with Gasteiger partial charge in [-0.15, -0.1) is 0 Å². The molecule has 1 fully saturated rings. The number of fused-ring (bicyclic) bond motifs is 1. The van der Waals surface area contributed by atoms with E-state index < -0.39 is 0 Å². The molecule has 0 spiro atoms. The number of ether oxygens (including phenoxy) is 1. The second kappa shape index (κ2) is 9.22. The van der Waals surface area contributed by atoms with Gasteiger partial charge in [-0.3, -0.25) is 9.69 Å². The van der Waals surface area contributed by atoms with Crippen LogP contribution in [-0.4, -0.2) is 60.6 Å². The van der Waals surface area contributed by atoms with Crippen LogP contribution in [0.1, 0.15) is 37.8 Å². The van der Waals surface area contributed by atoms with Crippen LogP contribution in [0.3, 0.4) is 0 Å². The van der Waals surface area contributed by atoms with Crippen LogP contribution in [0.2, 0.25) is 0 Å². The summed E-state index contributed by atoms with van der Waals surface area (Å²) in [4.78, 5) is 28.6. The SMILES string of the molecule is CCOC(=O)N1CCCC(C(=O)NCC(C)N2CCc3ccccc3C2)C1. The number of piperidine rings is 1. The minimum atomic E-state index is -0.310. The van der Waals surface area contributed by atoms with Gasteiger partial charge in [0.25, 0.3) is 0 Å². The molecule has 0 radical (unpaired) electrons. The molecule has 27 heavy (non-hydrogen) atoms. The van der Waals surface area contributed by atoms with E-state index in [2.05, 4.69) is 41.4 Å². The third-order valence-corrected chi connectivity index (χ3v) is 5.67. The predicted octanol–water partition coefficient (Wildman–Crippen LogP) is 2.42. The first-order valence-corrected chi connectivity index (χ1v) is 10.1. The first kappa shape index (κ1) is 19.7. The Morgan fingerprint density at radius 2 is 2.04 bits per heavy atom. The summed E-state index contributed by atoms with van der Waals surface area (Å²) in [5.74, 6) is -0.0919. The predicted molar refractivity (Wildman–Crippen MR) is 104 cm³/mol. The van der Waals surface area contributed by atoms with Gasteiger partial charge in [0, 0.05) is 38.8 Å². The van der Waals surface area contributed by atoms with Crippen molar-refractivity contribution >= 4 is 12.0 Å². The molecule has 6 heteroatoms. The number of likely N-dealkylation sites (tertiary alicyclic amines) is 1. The lowest BCUT2D eigenvalue weighted by atomic mass is 9.97. The van der Waals surface area contributed by atoms with Crippen molar-refractivity contribution in [1.82, 2.24) is 15.1 Å². The van der Waals surface area contributed by atoms with Gasteiger partial charge in [0.1, 0.15) is 0 Å². The van der Waals surface area contributed by atoms with E-state index in [9.17, 15) is 9.59 Å². The van der Waals surface area contributed by atoms with E-state index >= 15 is 0 Å². The highest BCUT2D eigenvalue weighted by Gasteiger charge is 2.29. The molecule has 1 aromatic rings. The Morgan fingerprint density at radius 1 is 1.26 bits per heavy atom. The summed E-state index contributed by atoms with van der Waals surface area (Å²) < 4.78 is 5.06. The van der Waals surface area contributed by atoms with E-state index in [1.807, 2.05) is 0 Å². The zero-order chi connectivity index (χ0) is 19.2. The fourth-order valence-electron chi connectivity index (χ4n) is 3.99. The van der Waals surface area contributed by atoms with Crippen LogP contribution < -0.4 is 5.32 Å². The smallest absolute Gasteiger partial charge is 0.409 e. The molecule has 2 amide bonds. The second-order valence-corrected chi connectivity index (χ2v) is 7.57. The summed E-state index contributed by atoms with van der Waals surface area (Å²) in [5.41, 5.74) is 2.82. The number of benzene rings is 1. The van der Waals surface area contributed by atoms with Gasteiger partial charge >= 0.3 is 6.09 Å². The van der Waals surface area contributed by atoms with Crippen LogP contribution in [0.25, 0.3) is 0 Å². The molecule has 2 heterocycles. The molecule has 6 nitrogen and oxygen atoms in total. The Labute approximate surface area is 161 Å². The Kier molecular flexibility index (Phi) is 6.72. The van der Waals surface area contributed by atoms with E-state index in [4.69, 9.17) is 4.74 Å². The molecule has 0 aromatic heterocycles. The lowest BCUT2D eigenvalue weighted by Gasteiger charge is -2.35. The van der Waals surface area contributed by atoms with E-state index in [1.165, 1.54) is 11.1 Å². The lowest BCUT2D eigenvalue weighted by molar-refractivity contribution is -0.126. The highest BCUT2D eigenvalue weighted by Crippen LogP contribution is 2.20. The maximum atomic E-state index is 12.6. The number of nitrogens with zero attached hydrogens (tertiary/aromatic N) is 2. The minimum Gasteiger partial charge on any atom is -0.450 e. The molecule has 3 rings (SSSR count). The zero-order valence-electron chi connectivity index (χ0n) is 16.4. The van der Waals surface area contributed by atoms with Gasteiger partial charge in [-0.2, -0.15) is 0 Å². The molecule has 2 aliphatic rings. The van der Waals surface area contributed by atoms with E-state index in [0.29, 0.717) is 26.2 Å². The molecule has 0 bridgehead atoms. The fourth-order valence-corrected chi connectivity index (χ4v) is 3.99. The van der Waals surface area contributed by atoms with Gasteiger partial charge in [0.05, 0.1) is 12.5 Å². The second-order valence-electron chi connectivity index (χ2n) is 7.57. The van der Waals surface area contributed by atoms with Crippen molar-refractivity contribution in [3.8, 4) is 0 Å². The summed E-state index contributed by atoms with van der Waals surface area (Å²) in [6, 6.07) is 8.87. The maximum absolute atomic E-state index is 12.6. The molecular formula is C21H31N3O3. The summed E-state index contributed by atoms with van der Waals surface area (Å²) >= 11 is 0. The van der Waals surface area contributed by atoms with Gasteiger partial charge in [0.15, 0.2) is 0 Å². The number of carbonyl (C=O) groups excluding carboxylic acids is 2. The number of rotatable bonds is 5. The molecule has 2 atom stereocenters. The number of hydrogen-bond acceptors (Lipinski definition) is 4. The summed E-state index contributed by atoms with van der Waals surface area (Å²) in [7, 11) is 0. The topological polar surface area (TPSA) is 61.9 Å². The van der Waals surface area contributed by atoms with Gasteiger partial charge in [-0.1, -0.05) is 24.3 Å². The minimum absolute atomic E-state index is 0.0493. The number of hydrogen-bond donors (Lipinski definition) is 1. The molecule has 1 saturated heterocycles. The molecular weight excluding hydrogens is 342 g/mol. The van der Waals surface area contributed by atoms with Gasteiger partial charge in [-0.25, -0.2) is 4.79 Å². The Hall–Kier alpha value is -2.08. The van der Waals surface area contributed by atoms with Crippen LogP contribution in [0.15, 0.2) is 24.3 Å². The van der Waals surface area contributed by atoms with Crippen LogP contribution in [0.4, 0.5) is 4.79 Å². The summed E-state index contributed by atoms with van der Waals surface area (Å²) in [6.45, 7) is 8.05. The van der Waals surface area contributed by atoms with Crippen molar-refractivity contribution in [2.45, 2.75) is 45.7 Å². The van der Waals surface area contributed by atoms with Crippen molar-refractivity contribution in [1.29, 1.82) is 0 Å². The highest BCUT2D eigenvalue weighted by atomic mass is 16.6. The first-order chi connectivity index (χ1) is 13.1. The molecule has 2 aliphatic heterocycles. The van der Waals surface area contributed by atoms with Crippen LogP contribution in [0.5, 0.6) is 0 Å². The highest BCUT2D eigenvalue weighted by molar-refractivity contribution is 5.80. The van der Waals surface area contributed by atoms with Crippen LogP contribution in [-0.2, 0) is 22.5 Å². The van der Waals surface area contributed by atoms with Crippen molar-refractivity contribution in [2.75, 3.05) is 32.8 Å². The largest absolute Gasteiger partial charge is 0.450 e. The molecule has 148 valence electrons. The number of amides is 2. The first-order valence-electron chi connectivity index (χ1n) is 10.1. The summed E-state index contributed by atoms with van der Waals surface area (Å²) in [6.07, 6.45) is 2.42. The Balaban J connectivity index is 1.46. The number of carbonyl (C=O) groups is 2. The lowest BCUT2D eigenvalue weighted by Crippen LogP contribution is -2.49. The van der Waals surface area contributed by atoms with Gasteiger partial charge in [0.2, 0.25) is 5.91 Å². The quantitative estimate of drug-likeness (QED) is 0.861. The van der Waals surface area contributed by atoms with Crippen LogP contribution >= 0.6 is 0 Å². The standard InChI is InChI=1S/C21H31N3O3/c1-3-27-21(26)24-11-6-9-19(15-24)20(25)22-13-16(2)23-12-10-17-7-4-5-8-18(17)14-23/h4-5,7-8,16,19H,3,6,9-15H2,1-2H3,(H,22,25). The monoisotopic (exact) mass is 373 g/mol. The Bertz CT molecular complexity index is 664. The normalized spacial score (nSPS) is 21.3. The fraction of sp³-hybridized carbons (Fsp3) is 0.619. The van der Waals surface area contributed by atoms with Crippen LogP contribution in [0, 0.1) is 5.92 Å². The summed E-state index contributed by atoms with van der Waals surface area (Å²) in [5, 5.41) is 3.11. The van der Waals surface area contributed by atoms with Gasteiger partial charge in [-0.05, 0) is 44.2 Å². The van der Waals surface area contributed by atoms with E-state index in [1.54, 1.807) is 11.8 Å². The molecule has 0 aliphatic carbocycles. The van der Waals surface area contributed by atoms with E-state index in [0.717, 1.165) is 32.4 Å². The molecule has 1 aromatic carbocycles. The third-order valence-electron chi connectivity index (χ3n) is 5.67.